The highest BCUT2D eigenvalue weighted by atomic mass is 19.1. The van der Waals surface area contributed by atoms with Gasteiger partial charge in [-0.15, -0.1) is 0 Å². The number of aromatic nitrogens is 2. The average Bonchev–Trinajstić information content (AvgIpc) is 3.11. The zero-order valence-electron chi connectivity index (χ0n) is 15.8. The molecule has 4 nitrogen and oxygen atoms in total. The Morgan fingerprint density at radius 2 is 1.83 bits per heavy atom. The van der Waals surface area contributed by atoms with E-state index in [1.165, 1.54) is 6.21 Å². The summed E-state index contributed by atoms with van der Waals surface area (Å²) in [5.74, 6) is -0.802. The molecule has 1 atom stereocenters. The van der Waals surface area contributed by atoms with Gasteiger partial charge in [-0.2, -0.15) is 0 Å². The number of rotatable bonds is 3. The smallest absolute Gasteiger partial charge is 0.181 e. The molecule has 1 unspecified atom stereocenters. The quantitative estimate of drug-likeness (QED) is 0.500. The number of carbonyl (C=O) groups excluding carboxylic acids is 1. The number of imidazole rings is 1. The standard InChI is InChI=1S/C24H18FN3O/c1-28-14-27-22-9-8-16(12-23(22)28)15-6-7-17(20(25)11-15)10-19-18-4-2-3-5-21(18)26-13-24(19)29/h2-9,11-14,19H,10H2,1H3. The molecule has 29 heavy (non-hydrogen) atoms. The van der Waals surface area contributed by atoms with Gasteiger partial charge in [0.1, 0.15) is 5.82 Å². The van der Waals surface area contributed by atoms with Gasteiger partial charge in [0.25, 0.3) is 0 Å². The van der Waals surface area contributed by atoms with Crippen LogP contribution in [0.2, 0.25) is 0 Å². The van der Waals surface area contributed by atoms with Crippen LogP contribution in [0.1, 0.15) is 17.0 Å². The minimum atomic E-state index is -0.408. The number of aryl methyl sites for hydroxylation is 1. The molecule has 0 N–H and O–H groups in total. The fourth-order valence-corrected chi connectivity index (χ4v) is 3.90. The van der Waals surface area contributed by atoms with Gasteiger partial charge in [0, 0.05) is 7.05 Å². The number of benzene rings is 3. The van der Waals surface area contributed by atoms with Crippen molar-refractivity contribution in [2.75, 3.05) is 0 Å². The molecule has 0 radical (unpaired) electrons. The number of Topliss-reactive ketones (excluding diaryl/α,β-unsaturated/α-hetero) is 1. The van der Waals surface area contributed by atoms with Crippen molar-refractivity contribution in [1.82, 2.24) is 9.55 Å². The highest BCUT2D eigenvalue weighted by Crippen LogP contribution is 2.34. The monoisotopic (exact) mass is 383 g/mol. The number of aliphatic imine (C=N–C) groups is 1. The summed E-state index contributed by atoms with van der Waals surface area (Å²) in [4.78, 5) is 20.9. The van der Waals surface area contributed by atoms with Gasteiger partial charge in [-0.1, -0.05) is 36.4 Å². The van der Waals surface area contributed by atoms with E-state index in [1.807, 2.05) is 60.1 Å². The van der Waals surface area contributed by atoms with E-state index in [0.717, 1.165) is 33.4 Å². The Bertz CT molecular complexity index is 1290. The van der Waals surface area contributed by atoms with Crippen LogP contribution < -0.4 is 0 Å². The summed E-state index contributed by atoms with van der Waals surface area (Å²) in [6, 6.07) is 18.7. The van der Waals surface area contributed by atoms with Crippen molar-refractivity contribution >= 4 is 28.7 Å². The van der Waals surface area contributed by atoms with Crippen molar-refractivity contribution in [3.05, 3.63) is 83.9 Å². The topological polar surface area (TPSA) is 47.2 Å². The van der Waals surface area contributed by atoms with Gasteiger partial charge >= 0.3 is 0 Å². The van der Waals surface area contributed by atoms with E-state index < -0.39 is 5.92 Å². The van der Waals surface area contributed by atoms with Gasteiger partial charge in [0.15, 0.2) is 5.78 Å². The molecule has 4 aromatic rings. The van der Waals surface area contributed by atoms with Crippen LogP contribution in [0.15, 0.2) is 72.0 Å². The largest absolute Gasteiger partial charge is 0.334 e. The Kier molecular flexibility index (Phi) is 4.09. The first kappa shape index (κ1) is 17.5. The fourth-order valence-electron chi connectivity index (χ4n) is 3.90. The lowest BCUT2D eigenvalue weighted by atomic mass is 9.85. The number of hydrogen-bond acceptors (Lipinski definition) is 3. The van der Waals surface area contributed by atoms with Crippen LogP contribution >= 0.6 is 0 Å². The maximum atomic E-state index is 15.0. The molecular formula is C24H18FN3O. The first-order valence-electron chi connectivity index (χ1n) is 9.47. The van der Waals surface area contributed by atoms with E-state index in [-0.39, 0.29) is 11.6 Å². The molecule has 1 aromatic heterocycles. The van der Waals surface area contributed by atoms with Crippen LogP contribution in [-0.4, -0.2) is 21.5 Å². The van der Waals surface area contributed by atoms with Crippen LogP contribution in [0.25, 0.3) is 22.2 Å². The zero-order valence-corrected chi connectivity index (χ0v) is 15.8. The number of para-hydroxylation sites is 1. The molecule has 0 spiro atoms. The van der Waals surface area contributed by atoms with Crippen LogP contribution in [0.4, 0.5) is 10.1 Å². The molecule has 2 heterocycles. The Morgan fingerprint density at radius 3 is 2.69 bits per heavy atom. The fraction of sp³-hybridized carbons (Fsp3) is 0.125. The van der Waals surface area contributed by atoms with Gasteiger partial charge in [-0.3, -0.25) is 9.79 Å². The van der Waals surface area contributed by atoms with Crippen LogP contribution in [-0.2, 0) is 18.3 Å². The van der Waals surface area contributed by atoms with Crippen molar-refractivity contribution < 1.29 is 9.18 Å². The number of nitrogens with zero attached hydrogens (tertiary/aromatic N) is 3. The average molecular weight is 383 g/mol. The van der Waals surface area contributed by atoms with Crippen LogP contribution in [0.5, 0.6) is 0 Å². The first-order chi connectivity index (χ1) is 14.1. The SMILES string of the molecule is Cn1cnc2ccc(-c3ccc(CC4C(=O)C=Nc5ccccc54)c(F)c3)cc21. The third-order valence-electron chi connectivity index (χ3n) is 5.52. The third kappa shape index (κ3) is 3.05. The Balaban J connectivity index is 1.47. The predicted molar refractivity (Wildman–Crippen MR) is 112 cm³/mol. The molecular weight excluding hydrogens is 365 g/mol. The lowest BCUT2D eigenvalue weighted by Crippen LogP contribution is -2.19. The highest BCUT2D eigenvalue weighted by molar-refractivity contribution is 6.32. The second kappa shape index (κ2) is 6.78. The van der Waals surface area contributed by atoms with E-state index in [4.69, 9.17) is 0 Å². The molecule has 0 aliphatic carbocycles. The summed E-state index contributed by atoms with van der Waals surface area (Å²) in [7, 11) is 1.94. The molecule has 0 bridgehead atoms. The molecule has 0 fully saturated rings. The van der Waals surface area contributed by atoms with E-state index in [1.54, 1.807) is 18.5 Å². The number of ketones is 1. The normalized spacial score (nSPS) is 15.7. The van der Waals surface area contributed by atoms with Crippen LogP contribution in [0, 0.1) is 5.82 Å². The van der Waals surface area contributed by atoms with Crippen molar-refractivity contribution in [3.8, 4) is 11.1 Å². The van der Waals surface area contributed by atoms with Crippen molar-refractivity contribution in [1.29, 1.82) is 0 Å². The Morgan fingerprint density at radius 1 is 1.03 bits per heavy atom. The number of carbonyl (C=O) groups is 1. The summed E-state index contributed by atoms with van der Waals surface area (Å²) < 4.78 is 16.9. The third-order valence-corrected chi connectivity index (χ3v) is 5.52. The van der Waals surface area contributed by atoms with E-state index in [9.17, 15) is 9.18 Å². The minimum Gasteiger partial charge on any atom is -0.334 e. The van der Waals surface area contributed by atoms with Crippen molar-refractivity contribution in [2.24, 2.45) is 12.0 Å². The maximum Gasteiger partial charge on any atom is 0.181 e. The maximum absolute atomic E-state index is 15.0. The second-order valence-corrected chi connectivity index (χ2v) is 7.34. The van der Waals surface area contributed by atoms with Crippen molar-refractivity contribution in [3.63, 3.8) is 0 Å². The number of hydrogen-bond donors (Lipinski definition) is 0. The number of halogens is 1. The molecule has 0 saturated carbocycles. The lowest BCUT2D eigenvalue weighted by Gasteiger charge is -2.20. The number of fused-ring (bicyclic) bond motifs is 2. The molecule has 0 amide bonds. The Labute approximate surface area is 167 Å². The lowest BCUT2D eigenvalue weighted by molar-refractivity contribution is -0.114. The van der Waals surface area contributed by atoms with Gasteiger partial charge in [0.05, 0.1) is 35.2 Å². The summed E-state index contributed by atoms with van der Waals surface area (Å²) in [6.07, 6.45) is 3.43. The minimum absolute atomic E-state index is 0.0890. The second-order valence-electron chi connectivity index (χ2n) is 7.34. The zero-order chi connectivity index (χ0) is 20.0. The van der Waals surface area contributed by atoms with Gasteiger partial charge in [0.2, 0.25) is 0 Å². The summed E-state index contributed by atoms with van der Waals surface area (Å²) in [5.41, 5.74) is 5.78. The van der Waals surface area contributed by atoms with Gasteiger partial charge in [-0.05, 0) is 52.9 Å². The van der Waals surface area contributed by atoms with E-state index >= 15 is 0 Å². The molecule has 5 heteroatoms. The first-order valence-corrected chi connectivity index (χ1v) is 9.47. The summed E-state index contributed by atoms with van der Waals surface area (Å²) in [6.45, 7) is 0. The van der Waals surface area contributed by atoms with E-state index in [2.05, 4.69) is 9.98 Å². The molecule has 1 aliphatic heterocycles. The van der Waals surface area contributed by atoms with Gasteiger partial charge < -0.3 is 4.57 Å². The molecule has 142 valence electrons. The summed E-state index contributed by atoms with van der Waals surface area (Å²) in [5, 5.41) is 0. The molecule has 1 aliphatic rings. The Hall–Kier alpha value is -3.60. The van der Waals surface area contributed by atoms with Gasteiger partial charge in [-0.25, -0.2) is 9.37 Å². The molecule has 3 aromatic carbocycles. The summed E-state index contributed by atoms with van der Waals surface area (Å²) >= 11 is 0. The molecule has 0 saturated heterocycles. The van der Waals surface area contributed by atoms with E-state index in [0.29, 0.717) is 12.0 Å². The highest BCUT2D eigenvalue weighted by Gasteiger charge is 2.26. The van der Waals surface area contributed by atoms with Crippen LogP contribution in [0.3, 0.4) is 0 Å². The molecule has 5 rings (SSSR count). The van der Waals surface area contributed by atoms with Crippen molar-refractivity contribution in [2.45, 2.75) is 12.3 Å². The predicted octanol–water partition coefficient (Wildman–Crippen LogP) is 4.99.